The van der Waals surface area contributed by atoms with Crippen LogP contribution in [0.2, 0.25) is 0 Å². The second kappa shape index (κ2) is 9.19. The normalized spacial score (nSPS) is 17.9. The van der Waals surface area contributed by atoms with Crippen molar-refractivity contribution in [2.24, 2.45) is 12.0 Å². The van der Waals surface area contributed by atoms with Crippen LogP contribution in [0.15, 0.2) is 32.6 Å². The van der Waals surface area contributed by atoms with Crippen molar-refractivity contribution in [3.05, 3.63) is 38.8 Å². The molecule has 0 saturated carbocycles. The van der Waals surface area contributed by atoms with Gasteiger partial charge in [-0.15, -0.1) is 35.3 Å². The Kier molecular flexibility index (Phi) is 7.55. The molecule has 132 valence electrons. The molecule has 3 heterocycles. The number of likely N-dealkylation sites (tertiary alicyclic amines) is 1. The Morgan fingerprint density at radius 1 is 1.54 bits per heavy atom. The average Bonchev–Trinajstić information content (AvgIpc) is 3.24. The van der Waals surface area contributed by atoms with Crippen molar-refractivity contribution in [1.82, 2.24) is 20.0 Å². The number of rotatable bonds is 4. The minimum atomic E-state index is 0. The van der Waals surface area contributed by atoms with Crippen molar-refractivity contribution in [3.63, 3.8) is 0 Å². The molecule has 1 aliphatic rings. The van der Waals surface area contributed by atoms with Gasteiger partial charge < -0.3 is 10.2 Å². The van der Waals surface area contributed by atoms with Gasteiger partial charge in [0.05, 0.1) is 16.5 Å². The molecule has 8 heteroatoms. The number of aliphatic imine (C=N–C) groups is 1. The minimum Gasteiger partial charge on any atom is -0.357 e. The summed E-state index contributed by atoms with van der Waals surface area (Å²) in [7, 11) is 1.97. The fourth-order valence-corrected chi connectivity index (χ4v) is 4.10. The predicted octanol–water partition coefficient (Wildman–Crippen LogP) is 3.82. The van der Waals surface area contributed by atoms with Gasteiger partial charge in [0.1, 0.15) is 0 Å². The minimum absolute atomic E-state index is 0. The molecule has 24 heavy (non-hydrogen) atoms. The number of hydrogen-bond acceptors (Lipinski definition) is 3. The molecule has 1 unspecified atom stereocenters. The first-order chi connectivity index (χ1) is 11.2. The van der Waals surface area contributed by atoms with Crippen LogP contribution in [-0.2, 0) is 13.6 Å². The number of thiophene rings is 1. The number of halogens is 2. The first kappa shape index (κ1) is 19.7. The van der Waals surface area contributed by atoms with E-state index >= 15 is 0 Å². The van der Waals surface area contributed by atoms with E-state index in [1.807, 2.05) is 17.9 Å². The topological polar surface area (TPSA) is 45.5 Å². The standard InChI is InChI=1S/C16H22BrN5S.HI/c1-3-18-16(19-7-12-6-15(17)23-11-12)22-5-4-13(10-22)14-8-20-21(2)9-14;/h6,8-9,11,13H,3-5,7,10H2,1-2H3,(H,18,19);1H. The molecule has 1 fully saturated rings. The lowest BCUT2D eigenvalue weighted by Crippen LogP contribution is -2.39. The van der Waals surface area contributed by atoms with Gasteiger partial charge in [-0.3, -0.25) is 4.68 Å². The van der Waals surface area contributed by atoms with E-state index in [0.29, 0.717) is 5.92 Å². The monoisotopic (exact) mass is 523 g/mol. The summed E-state index contributed by atoms with van der Waals surface area (Å²) in [5.74, 6) is 1.56. The molecule has 0 aliphatic carbocycles. The van der Waals surface area contributed by atoms with E-state index in [1.165, 1.54) is 11.1 Å². The molecule has 2 aromatic rings. The molecule has 0 spiro atoms. The molecule has 2 aromatic heterocycles. The summed E-state index contributed by atoms with van der Waals surface area (Å²) in [5.41, 5.74) is 2.58. The highest BCUT2D eigenvalue weighted by atomic mass is 127. The van der Waals surface area contributed by atoms with Crippen molar-refractivity contribution in [1.29, 1.82) is 0 Å². The molecule has 0 aromatic carbocycles. The van der Waals surface area contributed by atoms with Gasteiger partial charge in [0, 0.05) is 38.8 Å². The first-order valence-corrected chi connectivity index (χ1v) is 9.57. The van der Waals surface area contributed by atoms with Gasteiger partial charge in [0.2, 0.25) is 0 Å². The maximum atomic E-state index is 4.81. The first-order valence-electron chi connectivity index (χ1n) is 7.90. The van der Waals surface area contributed by atoms with Gasteiger partial charge >= 0.3 is 0 Å². The van der Waals surface area contributed by atoms with E-state index in [0.717, 1.165) is 42.3 Å². The van der Waals surface area contributed by atoms with Gasteiger partial charge in [-0.05, 0) is 51.8 Å². The maximum absolute atomic E-state index is 4.81. The van der Waals surface area contributed by atoms with Crippen LogP contribution in [0.25, 0.3) is 0 Å². The Bertz CT molecular complexity index is 684. The zero-order valence-corrected chi connectivity index (χ0v) is 18.6. The Morgan fingerprint density at radius 2 is 2.38 bits per heavy atom. The summed E-state index contributed by atoms with van der Waals surface area (Å²) in [4.78, 5) is 7.17. The van der Waals surface area contributed by atoms with E-state index in [1.54, 1.807) is 11.3 Å². The molecule has 1 saturated heterocycles. The Balaban J connectivity index is 0.00000208. The van der Waals surface area contributed by atoms with E-state index in [-0.39, 0.29) is 24.0 Å². The quantitative estimate of drug-likeness (QED) is 0.376. The van der Waals surface area contributed by atoms with Gasteiger partial charge in [-0.25, -0.2) is 4.99 Å². The predicted molar refractivity (Wildman–Crippen MR) is 114 cm³/mol. The van der Waals surface area contributed by atoms with E-state index in [9.17, 15) is 0 Å². The number of guanidine groups is 1. The van der Waals surface area contributed by atoms with Crippen molar-refractivity contribution >= 4 is 57.2 Å². The average molecular weight is 524 g/mol. The largest absolute Gasteiger partial charge is 0.357 e. The van der Waals surface area contributed by atoms with Gasteiger partial charge in [0.15, 0.2) is 5.96 Å². The highest BCUT2D eigenvalue weighted by Crippen LogP contribution is 2.27. The van der Waals surface area contributed by atoms with Crippen LogP contribution in [-0.4, -0.2) is 40.3 Å². The van der Waals surface area contributed by atoms with Crippen LogP contribution in [0.4, 0.5) is 0 Å². The fraction of sp³-hybridized carbons (Fsp3) is 0.500. The molecule has 0 amide bonds. The van der Waals surface area contributed by atoms with Crippen molar-refractivity contribution in [3.8, 4) is 0 Å². The Hall–Kier alpha value is -0.610. The lowest BCUT2D eigenvalue weighted by molar-refractivity contribution is 0.486. The second-order valence-corrected chi connectivity index (χ2v) is 8.10. The van der Waals surface area contributed by atoms with E-state index in [2.05, 4.69) is 55.8 Å². The number of aromatic nitrogens is 2. The lowest BCUT2D eigenvalue weighted by Gasteiger charge is -2.21. The van der Waals surface area contributed by atoms with Crippen molar-refractivity contribution in [2.75, 3.05) is 19.6 Å². The molecule has 5 nitrogen and oxygen atoms in total. The van der Waals surface area contributed by atoms with E-state index < -0.39 is 0 Å². The zero-order chi connectivity index (χ0) is 16.2. The highest BCUT2D eigenvalue weighted by Gasteiger charge is 2.26. The van der Waals surface area contributed by atoms with Crippen LogP contribution in [0, 0.1) is 0 Å². The second-order valence-electron chi connectivity index (χ2n) is 5.81. The van der Waals surface area contributed by atoms with Crippen molar-refractivity contribution < 1.29 is 0 Å². The Morgan fingerprint density at radius 3 is 3.00 bits per heavy atom. The maximum Gasteiger partial charge on any atom is 0.194 e. The number of nitrogens with zero attached hydrogens (tertiary/aromatic N) is 4. The smallest absolute Gasteiger partial charge is 0.194 e. The zero-order valence-electron chi connectivity index (χ0n) is 13.9. The van der Waals surface area contributed by atoms with Gasteiger partial charge in [-0.2, -0.15) is 5.10 Å². The van der Waals surface area contributed by atoms with Gasteiger partial charge in [0.25, 0.3) is 0 Å². The molecule has 0 bridgehead atoms. The molecular formula is C16H23BrIN5S. The van der Waals surface area contributed by atoms with Crippen LogP contribution >= 0.6 is 51.2 Å². The van der Waals surface area contributed by atoms with Crippen molar-refractivity contribution in [2.45, 2.75) is 25.8 Å². The molecule has 1 N–H and O–H groups in total. The summed E-state index contributed by atoms with van der Waals surface area (Å²) in [5, 5.41) is 9.87. The fourth-order valence-electron chi connectivity index (χ4n) is 2.90. The molecule has 3 rings (SSSR count). The Labute approximate surface area is 172 Å². The SMILES string of the molecule is CCNC(=NCc1csc(Br)c1)N1CCC(c2cnn(C)c2)C1.I. The summed E-state index contributed by atoms with van der Waals surface area (Å²) in [6.07, 6.45) is 5.27. The van der Waals surface area contributed by atoms with Gasteiger partial charge in [-0.1, -0.05) is 0 Å². The van der Waals surface area contributed by atoms with Crippen LogP contribution < -0.4 is 5.32 Å². The summed E-state index contributed by atoms with van der Waals surface area (Å²) >= 11 is 5.21. The summed E-state index contributed by atoms with van der Waals surface area (Å²) in [6, 6.07) is 2.14. The van der Waals surface area contributed by atoms with Crippen LogP contribution in [0.1, 0.15) is 30.4 Å². The number of aryl methyl sites for hydroxylation is 1. The lowest BCUT2D eigenvalue weighted by atomic mass is 10.0. The molecular weight excluding hydrogens is 501 g/mol. The third kappa shape index (κ3) is 4.95. The number of nitrogens with one attached hydrogen (secondary N) is 1. The third-order valence-electron chi connectivity index (χ3n) is 4.05. The van der Waals surface area contributed by atoms with Crippen LogP contribution in [0.3, 0.4) is 0 Å². The van der Waals surface area contributed by atoms with Crippen LogP contribution in [0.5, 0.6) is 0 Å². The molecule has 1 atom stereocenters. The molecule has 0 radical (unpaired) electrons. The summed E-state index contributed by atoms with van der Waals surface area (Å²) < 4.78 is 3.04. The van der Waals surface area contributed by atoms with E-state index in [4.69, 9.17) is 4.99 Å². The third-order valence-corrected chi connectivity index (χ3v) is 5.61. The highest BCUT2D eigenvalue weighted by molar-refractivity contribution is 14.0. The summed E-state index contributed by atoms with van der Waals surface area (Å²) in [6.45, 7) is 5.77. The molecule has 1 aliphatic heterocycles. The number of hydrogen-bond donors (Lipinski definition) is 1.